The van der Waals surface area contributed by atoms with E-state index in [4.69, 9.17) is 9.47 Å². The Kier molecular flexibility index (Phi) is 1.36. The maximum Gasteiger partial charge on any atom is 0.248 e. The van der Waals surface area contributed by atoms with Gasteiger partial charge in [0.2, 0.25) is 5.79 Å². The summed E-state index contributed by atoms with van der Waals surface area (Å²) in [5.41, 5.74) is 0. The van der Waals surface area contributed by atoms with Crippen LogP contribution >= 0.6 is 11.3 Å². The minimum atomic E-state index is -0.418. The molecule has 1 aromatic rings. The highest BCUT2D eigenvalue weighted by molar-refractivity contribution is 7.08. The van der Waals surface area contributed by atoms with Gasteiger partial charge in [0.15, 0.2) is 11.5 Å². The Hall–Kier alpha value is -0.700. The summed E-state index contributed by atoms with van der Waals surface area (Å²) in [6.07, 6.45) is 0.867. The lowest BCUT2D eigenvalue weighted by molar-refractivity contribution is -0.0640. The summed E-state index contributed by atoms with van der Waals surface area (Å²) in [5, 5.41) is 3.94. The third-order valence-electron chi connectivity index (χ3n) is 1.89. The smallest absolute Gasteiger partial charge is 0.248 e. The van der Waals surface area contributed by atoms with Crippen LogP contribution < -0.4 is 9.47 Å². The molecular weight excluding hydrogens is 160 g/mol. The molecule has 0 saturated carbocycles. The molecular formula is C8H10O2S. The maximum atomic E-state index is 5.57. The fourth-order valence-corrected chi connectivity index (χ4v) is 1.70. The van der Waals surface area contributed by atoms with Gasteiger partial charge in [-0.15, -0.1) is 11.3 Å². The van der Waals surface area contributed by atoms with Crippen LogP contribution in [-0.2, 0) is 0 Å². The summed E-state index contributed by atoms with van der Waals surface area (Å²) in [5.74, 6) is 1.36. The van der Waals surface area contributed by atoms with Crippen LogP contribution in [0.3, 0.4) is 0 Å². The third kappa shape index (κ3) is 0.997. The molecule has 0 saturated heterocycles. The SMILES string of the molecule is CCC1(C)Oc2cscc2O1. The first kappa shape index (κ1) is 6.98. The molecule has 2 nitrogen and oxygen atoms in total. The van der Waals surface area contributed by atoms with Gasteiger partial charge in [-0.05, 0) is 0 Å². The summed E-state index contributed by atoms with van der Waals surface area (Å²) >= 11 is 1.60. The van der Waals surface area contributed by atoms with E-state index in [9.17, 15) is 0 Å². The fourth-order valence-electron chi connectivity index (χ4n) is 1.05. The maximum absolute atomic E-state index is 5.57. The Labute approximate surface area is 69.8 Å². The van der Waals surface area contributed by atoms with Crippen molar-refractivity contribution in [2.75, 3.05) is 0 Å². The number of hydrogen-bond donors (Lipinski definition) is 0. The average Bonchev–Trinajstić information content (AvgIpc) is 2.46. The van der Waals surface area contributed by atoms with E-state index >= 15 is 0 Å². The summed E-state index contributed by atoms with van der Waals surface area (Å²) in [4.78, 5) is 0. The molecule has 0 atom stereocenters. The Balaban J connectivity index is 2.28. The topological polar surface area (TPSA) is 18.5 Å². The summed E-state index contributed by atoms with van der Waals surface area (Å²) < 4.78 is 11.1. The van der Waals surface area contributed by atoms with Crippen LogP contribution in [0.5, 0.6) is 11.5 Å². The van der Waals surface area contributed by atoms with Gasteiger partial charge in [-0.25, -0.2) is 0 Å². The first-order valence-corrected chi connectivity index (χ1v) is 4.62. The van der Waals surface area contributed by atoms with Crippen LogP contribution in [0.1, 0.15) is 20.3 Å². The van der Waals surface area contributed by atoms with Crippen molar-refractivity contribution < 1.29 is 9.47 Å². The first-order chi connectivity index (χ1) is 5.23. The zero-order chi connectivity index (χ0) is 7.90. The molecule has 2 heterocycles. The minimum Gasteiger partial charge on any atom is -0.448 e. The largest absolute Gasteiger partial charge is 0.448 e. The molecule has 0 amide bonds. The van der Waals surface area contributed by atoms with Crippen LogP contribution in [0.25, 0.3) is 0 Å². The van der Waals surface area contributed by atoms with Crippen LogP contribution in [0.15, 0.2) is 10.8 Å². The number of rotatable bonds is 1. The van der Waals surface area contributed by atoms with E-state index in [0.29, 0.717) is 0 Å². The Morgan fingerprint density at radius 2 is 1.91 bits per heavy atom. The van der Waals surface area contributed by atoms with E-state index in [1.54, 1.807) is 11.3 Å². The lowest BCUT2D eigenvalue weighted by Gasteiger charge is -2.20. The third-order valence-corrected chi connectivity index (χ3v) is 2.59. The second kappa shape index (κ2) is 2.14. The van der Waals surface area contributed by atoms with Crippen LogP contribution in [0, 0.1) is 0 Å². The predicted octanol–water partition coefficient (Wildman–Crippen LogP) is 2.65. The number of thiophene rings is 1. The fraction of sp³-hybridized carbons (Fsp3) is 0.500. The van der Waals surface area contributed by atoms with Crippen molar-refractivity contribution in [3.63, 3.8) is 0 Å². The van der Waals surface area contributed by atoms with Crippen molar-refractivity contribution in [2.45, 2.75) is 26.1 Å². The summed E-state index contributed by atoms with van der Waals surface area (Å²) in [6, 6.07) is 0. The molecule has 0 aromatic carbocycles. The van der Waals surface area contributed by atoms with Gasteiger partial charge in [0.05, 0.1) is 0 Å². The number of fused-ring (bicyclic) bond motifs is 1. The molecule has 1 aromatic heterocycles. The van der Waals surface area contributed by atoms with Gasteiger partial charge in [0, 0.05) is 24.1 Å². The van der Waals surface area contributed by atoms with E-state index in [1.165, 1.54) is 0 Å². The van der Waals surface area contributed by atoms with Gasteiger partial charge in [-0.3, -0.25) is 0 Å². The van der Waals surface area contributed by atoms with E-state index in [-0.39, 0.29) is 0 Å². The normalized spacial score (nSPS) is 18.7. The highest BCUT2D eigenvalue weighted by Gasteiger charge is 2.35. The van der Waals surface area contributed by atoms with E-state index in [2.05, 4.69) is 6.92 Å². The van der Waals surface area contributed by atoms with Gasteiger partial charge in [0.25, 0.3) is 0 Å². The molecule has 1 aliphatic heterocycles. The molecule has 1 aliphatic rings. The molecule has 0 bridgehead atoms. The van der Waals surface area contributed by atoms with Gasteiger partial charge in [-0.2, -0.15) is 0 Å². The number of ether oxygens (including phenoxy) is 2. The van der Waals surface area contributed by atoms with Gasteiger partial charge < -0.3 is 9.47 Å². The molecule has 0 fully saturated rings. The highest BCUT2D eigenvalue weighted by atomic mass is 32.1. The quantitative estimate of drug-likeness (QED) is 0.645. The second-order valence-electron chi connectivity index (χ2n) is 2.79. The van der Waals surface area contributed by atoms with Crippen LogP contribution in [0.4, 0.5) is 0 Å². The van der Waals surface area contributed by atoms with Crippen molar-refractivity contribution in [3.05, 3.63) is 10.8 Å². The molecule has 0 radical (unpaired) electrons. The molecule has 0 unspecified atom stereocenters. The Morgan fingerprint density at radius 3 is 2.36 bits per heavy atom. The van der Waals surface area contributed by atoms with Crippen molar-refractivity contribution >= 4 is 11.3 Å². The second-order valence-corrected chi connectivity index (χ2v) is 3.54. The van der Waals surface area contributed by atoms with Crippen LogP contribution in [0.2, 0.25) is 0 Å². The lowest BCUT2D eigenvalue weighted by Crippen LogP contribution is -2.33. The van der Waals surface area contributed by atoms with E-state index < -0.39 is 5.79 Å². The van der Waals surface area contributed by atoms with E-state index in [1.807, 2.05) is 17.7 Å². The van der Waals surface area contributed by atoms with Crippen molar-refractivity contribution in [2.24, 2.45) is 0 Å². The monoisotopic (exact) mass is 170 g/mol. The minimum absolute atomic E-state index is 0.418. The summed E-state index contributed by atoms with van der Waals surface area (Å²) in [6.45, 7) is 4.01. The zero-order valence-corrected chi connectivity index (χ0v) is 7.40. The number of hydrogen-bond acceptors (Lipinski definition) is 3. The summed E-state index contributed by atoms with van der Waals surface area (Å²) in [7, 11) is 0. The molecule has 0 spiro atoms. The van der Waals surface area contributed by atoms with Gasteiger partial charge in [-0.1, -0.05) is 6.92 Å². The predicted molar refractivity (Wildman–Crippen MR) is 44.3 cm³/mol. The van der Waals surface area contributed by atoms with Gasteiger partial charge >= 0.3 is 0 Å². The van der Waals surface area contributed by atoms with Crippen LogP contribution in [-0.4, -0.2) is 5.79 Å². The van der Waals surface area contributed by atoms with Crippen molar-refractivity contribution in [1.82, 2.24) is 0 Å². The molecule has 60 valence electrons. The molecule has 2 rings (SSSR count). The zero-order valence-electron chi connectivity index (χ0n) is 6.59. The van der Waals surface area contributed by atoms with E-state index in [0.717, 1.165) is 17.9 Å². The van der Waals surface area contributed by atoms with Crippen molar-refractivity contribution in [1.29, 1.82) is 0 Å². The highest BCUT2D eigenvalue weighted by Crippen LogP contribution is 2.42. The van der Waals surface area contributed by atoms with Crippen molar-refractivity contribution in [3.8, 4) is 11.5 Å². The molecule has 11 heavy (non-hydrogen) atoms. The average molecular weight is 170 g/mol. The standard InChI is InChI=1S/C8H10O2S/c1-3-8(2)9-6-4-11-5-7(6)10-8/h4-5H,3H2,1-2H3. The molecule has 0 N–H and O–H groups in total. The van der Waals surface area contributed by atoms with Gasteiger partial charge in [0.1, 0.15) is 0 Å². The first-order valence-electron chi connectivity index (χ1n) is 3.68. The molecule has 0 aliphatic carbocycles. The lowest BCUT2D eigenvalue weighted by atomic mass is 10.2. The Bertz CT molecular complexity index is 246. The molecule has 3 heteroatoms. The Morgan fingerprint density at radius 1 is 1.36 bits per heavy atom.